The van der Waals surface area contributed by atoms with Gasteiger partial charge in [0, 0.05) is 19.2 Å². The highest BCUT2D eigenvalue weighted by Crippen LogP contribution is 2.40. The van der Waals surface area contributed by atoms with Crippen LogP contribution in [0.3, 0.4) is 0 Å². The van der Waals surface area contributed by atoms with E-state index in [1.165, 1.54) is 31.7 Å². The second-order valence-corrected chi connectivity index (χ2v) is 8.42. The van der Waals surface area contributed by atoms with Crippen molar-refractivity contribution in [3.63, 3.8) is 0 Å². The molecule has 1 unspecified atom stereocenters. The van der Waals surface area contributed by atoms with Gasteiger partial charge < -0.3 is 15.0 Å². The predicted molar refractivity (Wildman–Crippen MR) is 111 cm³/mol. The van der Waals surface area contributed by atoms with E-state index in [9.17, 15) is 22.8 Å². The van der Waals surface area contributed by atoms with Gasteiger partial charge in [0.1, 0.15) is 0 Å². The van der Waals surface area contributed by atoms with Crippen LogP contribution in [0.4, 0.5) is 18.9 Å². The van der Waals surface area contributed by atoms with Gasteiger partial charge in [-0.25, -0.2) is 4.79 Å². The van der Waals surface area contributed by atoms with Crippen molar-refractivity contribution in [2.75, 3.05) is 25.1 Å². The van der Waals surface area contributed by atoms with Crippen molar-refractivity contribution in [2.45, 2.75) is 43.3 Å². The molecule has 0 radical (unpaired) electrons. The first-order chi connectivity index (χ1) is 15.2. The number of benzene rings is 1. The molecule has 1 saturated carbocycles. The first kappa shape index (κ1) is 22.1. The Labute approximate surface area is 183 Å². The second kappa shape index (κ2) is 8.44. The number of rotatable bonds is 6. The summed E-state index contributed by atoms with van der Waals surface area (Å²) in [5.41, 5.74) is 0.110. The van der Waals surface area contributed by atoms with Crippen LogP contribution < -0.4 is 10.2 Å². The summed E-state index contributed by atoms with van der Waals surface area (Å²) in [5, 5.41) is 2.79. The molecule has 1 saturated heterocycles. The van der Waals surface area contributed by atoms with E-state index >= 15 is 0 Å². The van der Waals surface area contributed by atoms with E-state index in [2.05, 4.69) is 10.3 Å². The fourth-order valence-electron chi connectivity index (χ4n) is 4.12. The summed E-state index contributed by atoms with van der Waals surface area (Å²) in [6.07, 6.45) is 0.233. The maximum Gasteiger partial charge on any atom is 0.417 e. The Kier molecular flexibility index (Phi) is 5.83. The van der Waals surface area contributed by atoms with Crippen molar-refractivity contribution >= 4 is 17.6 Å². The van der Waals surface area contributed by atoms with Gasteiger partial charge in [-0.15, -0.1) is 0 Å². The predicted octanol–water partition coefficient (Wildman–Crippen LogP) is 3.46. The summed E-state index contributed by atoms with van der Waals surface area (Å²) in [5.74, 6) is -0.355. The molecule has 6 nitrogen and oxygen atoms in total. The van der Waals surface area contributed by atoms with Crippen molar-refractivity contribution in [3.8, 4) is 0 Å². The van der Waals surface area contributed by atoms with E-state index in [1.54, 1.807) is 4.90 Å². The van der Waals surface area contributed by atoms with Crippen LogP contribution in [-0.4, -0.2) is 42.6 Å². The largest absolute Gasteiger partial charge is 0.467 e. The topological polar surface area (TPSA) is 71.5 Å². The monoisotopic (exact) mass is 447 g/mol. The molecule has 0 bridgehead atoms. The highest BCUT2D eigenvalue weighted by atomic mass is 19.4. The molecule has 2 heterocycles. The van der Waals surface area contributed by atoms with E-state index in [0.29, 0.717) is 5.92 Å². The van der Waals surface area contributed by atoms with E-state index in [1.807, 2.05) is 24.3 Å². The number of amides is 1. The van der Waals surface area contributed by atoms with Gasteiger partial charge in [-0.05, 0) is 36.0 Å². The standard InChI is InChI=1S/C23H24F3N3O3/c1-32-21(31)22(28-20(30)10-15-2-4-16(5-3-15)17-6-7-17)8-9-29(14-22)19-11-18(12-27-13-19)23(24,25)26/h2-5,11-13,17H,6-10,14H2,1H3,(H,28,30). The fraction of sp³-hybridized carbons (Fsp3) is 0.435. The van der Waals surface area contributed by atoms with Crippen molar-refractivity contribution in [3.05, 3.63) is 59.4 Å². The minimum absolute atomic E-state index is 0.00494. The minimum Gasteiger partial charge on any atom is -0.467 e. The molecule has 9 heteroatoms. The number of nitrogens with one attached hydrogen (secondary N) is 1. The zero-order valence-electron chi connectivity index (χ0n) is 17.6. The number of carbonyl (C=O) groups is 2. The molecule has 1 aromatic heterocycles. The van der Waals surface area contributed by atoms with E-state index in [-0.39, 0.29) is 37.5 Å². The maximum absolute atomic E-state index is 13.1. The smallest absolute Gasteiger partial charge is 0.417 e. The summed E-state index contributed by atoms with van der Waals surface area (Å²) >= 11 is 0. The van der Waals surface area contributed by atoms with Crippen LogP contribution in [0.15, 0.2) is 42.7 Å². The quantitative estimate of drug-likeness (QED) is 0.687. The lowest BCUT2D eigenvalue weighted by molar-refractivity contribution is -0.150. The van der Waals surface area contributed by atoms with E-state index < -0.39 is 23.2 Å². The van der Waals surface area contributed by atoms with Crippen molar-refractivity contribution < 1.29 is 27.5 Å². The number of halogens is 3. The lowest BCUT2D eigenvalue weighted by Crippen LogP contribution is -2.57. The van der Waals surface area contributed by atoms with Gasteiger partial charge in [0.15, 0.2) is 5.54 Å². The van der Waals surface area contributed by atoms with Crippen molar-refractivity contribution in [1.82, 2.24) is 10.3 Å². The normalized spacial score (nSPS) is 20.8. The molecular formula is C23H24F3N3O3. The minimum atomic E-state index is -4.52. The van der Waals surface area contributed by atoms with Crippen LogP contribution in [0.5, 0.6) is 0 Å². The highest BCUT2D eigenvalue weighted by Gasteiger charge is 2.47. The molecule has 0 spiro atoms. The molecule has 1 aromatic carbocycles. The van der Waals surface area contributed by atoms with Gasteiger partial charge in [-0.3, -0.25) is 9.78 Å². The SMILES string of the molecule is COC(=O)C1(NC(=O)Cc2ccc(C3CC3)cc2)CCN(c2cncc(C(F)(F)F)c2)C1. The molecule has 170 valence electrons. The second-order valence-electron chi connectivity index (χ2n) is 8.42. The van der Waals surface area contributed by atoms with Crippen LogP contribution in [0.25, 0.3) is 0 Å². The zero-order valence-corrected chi connectivity index (χ0v) is 17.6. The zero-order chi connectivity index (χ0) is 22.9. The number of anilines is 1. The van der Waals surface area contributed by atoms with Crippen LogP contribution in [-0.2, 0) is 26.9 Å². The van der Waals surface area contributed by atoms with Gasteiger partial charge in [-0.1, -0.05) is 24.3 Å². The number of hydrogen-bond donors (Lipinski definition) is 1. The number of ether oxygens (including phenoxy) is 1. The lowest BCUT2D eigenvalue weighted by Gasteiger charge is -2.28. The van der Waals surface area contributed by atoms with Crippen molar-refractivity contribution in [1.29, 1.82) is 0 Å². The van der Waals surface area contributed by atoms with Crippen LogP contribution in [0.2, 0.25) is 0 Å². The molecule has 2 fully saturated rings. The Balaban J connectivity index is 1.47. The number of methoxy groups -OCH3 is 1. The number of pyridine rings is 1. The Hall–Kier alpha value is -3.10. The Morgan fingerprint density at radius 3 is 2.56 bits per heavy atom. The molecule has 2 aromatic rings. The highest BCUT2D eigenvalue weighted by molar-refractivity contribution is 5.90. The molecule has 1 aliphatic heterocycles. The summed E-state index contributed by atoms with van der Waals surface area (Å²) in [6.45, 7) is 0.267. The van der Waals surface area contributed by atoms with Crippen LogP contribution in [0, 0.1) is 0 Å². The molecule has 1 aliphatic carbocycles. The first-order valence-electron chi connectivity index (χ1n) is 10.5. The Bertz CT molecular complexity index is 1010. The van der Waals surface area contributed by atoms with Gasteiger partial charge in [-0.2, -0.15) is 13.2 Å². The number of hydrogen-bond acceptors (Lipinski definition) is 5. The van der Waals surface area contributed by atoms with Crippen LogP contribution in [0.1, 0.15) is 41.9 Å². The molecule has 4 rings (SSSR count). The Morgan fingerprint density at radius 2 is 1.94 bits per heavy atom. The Morgan fingerprint density at radius 1 is 1.22 bits per heavy atom. The molecule has 1 atom stereocenters. The van der Waals surface area contributed by atoms with E-state index in [0.717, 1.165) is 17.8 Å². The summed E-state index contributed by atoms with van der Waals surface area (Å²) in [4.78, 5) is 30.6. The van der Waals surface area contributed by atoms with Gasteiger partial charge in [0.2, 0.25) is 5.91 Å². The number of aromatic nitrogens is 1. The number of alkyl halides is 3. The number of esters is 1. The third kappa shape index (κ3) is 4.71. The summed E-state index contributed by atoms with van der Waals surface area (Å²) < 4.78 is 44.1. The van der Waals surface area contributed by atoms with Gasteiger partial charge in [0.05, 0.1) is 37.5 Å². The number of nitrogens with zero attached hydrogens (tertiary/aromatic N) is 2. The summed E-state index contributed by atoms with van der Waals surface area (Å²) in [6, 6.07) is 8.85. The summed E-state index contributed by atoms with van der Waals surface area (Å²) in [7, 11) is 1.22. The van der Waals surface area contributed by atoms with Gasteiger partial charge >= 0.3 is 12.1 Å². The van der Waals surface area contributed by atoms with Crippen LogP contribution >= 0.6 is 0 Å². The molecule has 32 heavy (non-hydrogen) atoms. The molecular weight excluding hydrogens is 423 g/mol. The van der Waals surface area contributed by atoms with E-state index in [4.69, 9.17) is 4.74 Å². The lowest BCUT2D eigenvalue weighted by atomic mass is 9.97. The first-order valence-corrected chi connectivity index (χ1v) is 10.5. The molecule has 1 N–H and O–H groups in total. The number of carbonyl (C=O) groups excluding carboxylic acids is 2. The van der Waals surface area contributed by atoms with Gasteiger partial charge in [0.25, 0.3) is 0 Å². The molecule has 2 aliphatic rings. The average molecular weight is 447 g/mol. The average Bonchev–Trinajstić information content (AvgIpc) is 3.53. The fourth-order valence-corrected chi connectivity index (χ4v) is 4.12. The maximum atomic E-state index is 13.1. The third-order valence-electron chi connectivity index (χ3n) is 6.03. The molecule has 1 amide bonds. The third-order valence-corrected chi connectivity index (χ3v) is 6.03. The van der Waals surface area contributed by atoms with Crippen molar-refractivity contribution in [2.24, 2.45) is 0 Å².